The molecule has 3 rings (SSSR count). The number of aromatic nitrogens is 4. The van der Waals surface area contributed by atoms with Crippen LogP contribution >= 0.6 is 11.8 Å². The Morgan fingerprint density at radius 1 is 1.17 bits per heavy atom. The molecule has 1 aromatic carbocycles. The van der Waals surface area contributed by atoms with Gasteiger partial charge in [-0.15, -0.1) is 5.10 Å². The zero-order valence-corrected chi connectivity index (χ0v) is 17.6. The number of carbonyl (C=O) groups is 2. The molecule has 1 saturated carbocycles. The molecular weight excluding hydrogens is 388 g/mol. The molecule has 3 amide bonds. The first-order chi connectivity index (χ1) is 14.2. The first-order valence-electron chi connectivity index (χ1n) is 10.3. The Kier molecular flexibility index (Phi) is 8.03. The lowest BCUT2D eigenvalue weighted by Crippen LogP contribution is -2.45. The largest absolute Gasteiger partial charge is 0.335 e. The summed E-state index contributed by atoms with van der Waals surface area (Å²) in [5.74, 6) is -0.305. The molecule has 0 atom stereocenters. The number of tetrazole rings is 1. The van der Waals surface area contributed by atoms with Gasteiger partial charge in [0.05, 0.1) is 11.4 Å². The van der Waals surface area contributed by atoms with Gasteiger partial charge in [0.25, 0.3) is 0 Å². The highest BCUT2D eigenvalue weighted by molar-refractivity contribution is 7.99. The number of benzene rings is 1. The minimum Gasteiger partial charge on any atom is -0.335 e. The molecule has 29 heavy (non-hydrogen) atoms. The van der Waals surface area contributed by atoms with E-state index < -0.39 is 6.03 Å². The van der Waals surface area contributed by atoms with Crippen molar-refractivity contribution in [2.45, 2.75) is 69.5 Å². The van der Waals surface area contributed by atoms with Gasteiger partial charge in [0.1, 0.15) is 0 Å². The summed E-state index contributed by atoms with van der Waals surface area (Å²) in [5.41, 5.74) is 2.12. The van der Waals surface area contributed by atoms with Crippen LogP contribution in [0.3, 0.4) is 0 Å². The zero-order chi connectivity index (χ0) is 20.5. The first kappa shape index (κ1) is 21.3. The molecule has 9 heteroatoms. The molecule has 1 aliphatic rings. The normalized spacial score (nSPS) is 14.5. The molecule has 0 spiro atoms. The molecule has 8 nitrogen and oxygen atoms in total. The van der Waals surface area contributed by atoms with Crippen LogP contribution in [0.1, 0.15) is 57.4 Å². The third-order valence-electron chi connectivity index (χ3n) is 4.97. The van der Waals surface area contributed by atoms with Crippen LogP contribution in [-0.4, -0.2) is 43.9 Å². The average molecular weight is 417 g/mol. The summed E-state index contributed by atoms with van der Waals surface area (Å²) >= 11 is 1.20. The minimum atomic E-state index is -0.426. The number of amides is 3. The highest BCUT2D eigenvalue weighted by Gasteiger charge is 2.18. The van der Waals surface area contributed by atoms with Crippen molar-refractivity contribution in [3.05, 3.63) is 29.8 Å². The molecule has 1 fully saturated rings. The molecule has 156 valence electrons. The number of rotatable bonds is 8. The van der Waals surface area contributed by atoms with Gasteiger partial charge in [-0.1, -0.05) is 56.5 Å². The molecule has 0 unspecified atom stereocenters. The fraction of sp³-hybridized carbons (Fsp3) is 0.550. The molecule has 2 N–H and O–H groups in total. The smallest absolute Gasteiger partial charge is 0.321 e. The molecule has 0 saturated heterocycles. The number of unbranched alkanes of at least 4 members (excludes halogenated alkanes) is 1. The molecular formula is C20H28N6O2S. The van der Waals surface area contributed by atoms with Gasteiger partial charge in [-0.05, 0) is 53.8 Å². The van der Waals surface area contributed by atoms with Gasteiger partial charge in [0.2, 0.25) is 11.1 Å². The van der Waals surface area contributed by atoms with Gasteiger partial charge in [0.15, 0.2) is 0 Å². The van der Waals surface area contributed by atoms with Crippen LogP contribution in [0.25, 0.3) is 5.69 Å². The van der Waals surface area contributed by atoms with Gasteiger partial charge in [-0.3, -0.25) is 10.1 Å². The van der Waals surface area contributed by atoms with E-state index in [1.807, 2.05) is 12.1 Å². The number of imide groups is 1. The van der Waals surface area contributed by atoms with E-state index in [0.29, 0.717) is 5.16 Å². The van der Waals surface area contributed by atoms with Crippen LogP contribution in [0.4, 0.5) is 4.79 Å². The van der Waals surface area contributed by atoms with Crippen LogP contribution in [0.15, 0.2) is 29.4 Å². The Bertz CT molecular complexity index is 802. The lowest BCUT2D eigenvalue weighted by atomic mass is 9.96. The summed E-state index contributed by atoms with van der Waals surface area (Å²) in [5, 5.41) is 17.5. The number of aryl methyl sites for hydroxylation is 1. The maximum absolute atomic E-state index is 12.1. The summed E-state index contributed by atoms with van der Waals surface area (Å²) in [4.78, 5) is 24.1. The maximum Gasteiger partial charge on any atom is 0.321 e. The van der Waals surface area contributed by atoms with E-state index in [-0.39, 0.29) is 17.7 Å². The van der Waals surface area contributed by atoms with Crippen LogP contribution in [-0.2, 0) is 11.2 Å². The van der Waals surface area contributed by atoms with Crippen molar-refractivity contribution >= 4 is 23.7 Å². The number of thioether (sulfide) groups is 1. The Labute approximate surface area is 175 Å². The molecule has 0 aliphatic heterocycles. The van der Waals surface area contributed by atoms with E-state index in [1.165, 1.54) is 23.7 Å². The number of nitrogens with zero attached hydrogens (tertiary/aromatic N) is 4. The lowest BCUT2D eigenvalue weighted by molar-refractivity contribution is -0.117. The summed E-state index contributed by atoms with van der Waals surface area (Å²) < 4.78 is 1.60. The highest BCUT2D eigenvalue weighted by Crippen LogP contribution is 2.19. The van der Waals surface area contributed by atoms with Gasteiger partial charge < -0.3 is 5.32 Å². The van der Waals surface area contributed by atoms with Crippen LogP contribution in [0.5, 0.6) is 0 Å². The van der Waals surface area contributed by atoms with E-state index in [2.05, 4.69) is 45.2 Å². The van der Waals surface area contributed by atoms with E-state index >= 15 is 0 Å². The van der Waals surface area contributed by atoms with E-state index in [4.69, 9.17) is 0 Å². The van der Waals surface area contributed by atoms with Crippen molar-refractivity contribution in [1.82, 2.24) is 30.8 Å². The summed E-state index contributed by atoms with van der Waals surface area (Å²) in [6.45, 7) is 2.18. The molecule has 0 bridgehead atoms. The van der Waals surface area contributed by atoms with Crippen LogP contribution < -0.4 is 10.6 Å². The van der Waals surface area contributed by atoms with Crippen molar-refractivity contribution < 1.29 is 9.59 Å². The average Bonchev–Trinajstić information content (AvgIpc) is 3.20. The second kappa shape index (κ2) is 10.9. The monoisotopic (exact) mass is 416 g/mol. The highest BCUT2D eigenvalue weighted by atomic mass is 32.2. The second-order valence-corrected chi connectivity index (χ2v) is 8.23. The quantitative estimate of drug-likeness (QED) is 0.641. The SMILES string of the molecule is CCCCc1ccc(-n2nnnc2SCC(=O)NC(=O)NC2CCCCC2)cc1. The maximum atomic E-state index is 12.1. The van der Waals surface area contributed by atoms with E-state index in [0.717, 1.165) is 50.6 Å². The van der Waals surface area contributed by atoms with Crippen LogP contribution in [0.2, 0.25) is 0 Å². The third kappa shape index (κ3) is 6.56. The Hall–Kier alpha value is -2.42. The second-order valence-electron chi connectivity index (χ2n) is 7.29. The first-order valence-corrected chi connectivity index (χ1v) is 11.2. The number of hydrogen-bond donors (Lipinski definition) is 2. The van der Waals surface area contributed by atoms with Crippen molar-refractivity contribution in [1.29, 1.82) is 0 Å². The van der Waals surface area contributed by atoms with Gasteiger partial charge >= 0.3 is 6.03 Å². The number of carbonyl (C=O) groups excluding carboxylic acids is 2. The minimum absolute atomic E-state index is 0.0625. The molecule has 2 aromatic rings. The number of urea groups is 1. The fourth-order valence-corrected chi connectivity index (χ4v) is 4.07. The molecule has 1 heterocycles. The Balaban J connectivity index is 1.49. The number of hydrogen-bond acceptors (Lipinski definition) is 6. The van der Waals surface area contributed by atoms with Gasteiger partial charge in [0, 0.05) is 6.04 Å². The van der Waals surface area contributed by atoms with Crippen molar-refractivity contribution in [3.63, 3.8) is 0 Å². The lowest BCUT2D eigenvalue weighted by Gasteiger charge is -2.22. The van der Waals surface area contributed by atoms with Crippen molar-refractivity contribution in [3.8, 4) is 5.69 Å². The van der Waals surface area contributed by atoms with Crippen LogP contribution in [0, 0.1) is 0 Å². The molecule has 1 aliphatic carbocycles. The van der Waals surface area contributed by atoms with E-state index in [1.54, 1.807) is 4.68 Å². The zero-order valence-electron chi connectivity index (χ0n) is 16.8. The van der Waals surface area contributed by atoms with Gasteiger partial charge in [-0.25, -0.2) is 4.79 Å². The fourth-order valence-electron chi connectivity index (χ4n) is 3.38. The summed E-state index contributed by atoms with van der Waals surface area (Å²) in [6.07, 6.45) is 8.78. The predicted octanol–water partition coefficient (Wildman–Crippen LogP) is 3.26. The van der Waals surface area contributed by atoms with Crippen molar-refractivity contribution in [2.24, 2.45) is 0 Å². The standard InChI is InChI=1S/C20H28N6O2S/c1-2-3-7-15-10-12-17(13-11-15)26-20(23-24-25-26)29-14-18(27)22-19(28)21-16-8-5-4-6-9-16/h10-13,16H,2-9,14H2,1H3,(H2,21,22,27,28). The summed E-state index contributed by atoms with van der Waals surface area (Å²) in [7, 11) is 0. The predicted molar refractivity (Wildman–Crippen MR) is 112 cm³/mol. The third-order valence-corrected chi connectivity index (χ3v) is 5.89. The summed E-state index contributed by atoms with van der Waals surface area (Å²) in [6, 6.07) is 7.83. The molecule has 0 radical (unpaired) electrons. The van der Waals surface area contributed by atoms with Gasteiger partial charge in [-0.2, -0.15) is 4.68 Å². The molecule has 1 aromatic heterocycles. The number of nitrogens with one attached hydrogen (secondary N) is 2. The van der Waals surface area contributed by atoms with Crippen molar-refractivity contribution in [2.75, 3.05) is 5.75 Å². The van der Waals surface area contributed by atoms with E-state index in [9.17, 15) is 9.59 Å². The Morgan fingerprint density at radius 2 is 1.93 bits per heavy atom. The Morgan fingerprint density at radius 3 is 2.66 bits per heavy atom. The topological polar surface area (TPSA) is 102 Å².